The topological polar surface area (TPSA) is 89.9 Å². The van der Waals surface area contributed by atoms with Crippen molar-refractivity contribution in [2.45, 2.75) is 90.4 Å². The fourth-order valence-corrected chi connectivity index (χ4v) is 9.66. The molecular weight excluding hydrogens is 631 g/mol. The minimum Gasteiger partial charge on any atom is -0.398 e. The number of piperazine rings is 1. The van der Waals surface area contributed by atoms with Crippen molar-refractivity contribution in [3.05, 3.63) is 27.4 Å². The Balaban J connectivity index is 1.15. The molecule has 9 nitrogen and oxygen atoms in total. The molecule has 4 saturated heterocycles. The third kappa shape index (κ3) is 6.01. The van der Waals surface area contributed by atoms with Crippen molar-refractivity contribution in [3.8, 4) is 11.1 Å². The van der Waals surface area contributed by atoms with Crippen molar-refractivity contribution >= 4 is 40.9 Å². The van der Waals surface area contributed by atoms with Gasteiger partial charge in [-0.15, -0.1) is 0 Å². The van der Waals surface area contributed by atoms with Crippen molar-refractivity contribution in [1.29, 1.82) is 5.41 Å². The molecule has 0 radical (unpaired) electrons. The molecule has 7 rings (SSSR count). The molecule has 5 fully saturated rings. The van der Waals surface area contributed by atoms with Crippen LogP contribution in [0.15, 0.2) is 6.07 Å². The van der Waals surface area contributed by atoms with Gasteiger partial charge in [-0.3, -0.25) is 14.5 Å². The Kier molecular flexibility index (Phi) is 8.70. The maximum Gasteiger partial charge on any atom is 0.159 e. The molecule has 1 aromatic heterocycles. The number of aromatic nitrogens is 2. The van der Waals surface area contributed by atoms with E-state index in [1.54, 1.807) is 6.07 Å². The van der Waals surface area contributed by atoms with Crippen molar-refractivity contribution < 1.29 is 4.74 Å². The summed E-state index contributed by atoms with van der Waals surface area (Å²) in [4.78, 5) is 10.4. The van der Waals surface area contributed by atoms with Gasteiger partial charge in [0, 0.05) is 97.7 Å². The first-order valence-electron chi connectivity index (χ1n) is 17.6. The van der Waals surface area contributed by atoms with E-state index in [1.807, 2.05) is 0 Å². The van der Waals surface area contributed by atoms with E-state index in [4.69, 9.17) is 44.2 Å². The number of nitrogen functional groups attached to an aromatic ring is 1. The third-order valence-electron chi connectivity index (χ3n) is 12.1. The quantitative estimate of drug-likeness (QED) is 0.266. The van der Waals surface area contributed by atoms with Crippen molar-refractivity contribution in [1.82, 2.24) is 24.5 Å². The van der Waals surface area contributed by atoms with E-state index in [1.165, 1.54) is 6.21 Å². The van der Waals surface area contributed by atoms with E-state index in [2.05, 4.69) is 65.8 Å². The minimum absolute atomic E-state index is 0.113. The van der Waals surface area contributed by atoms with Crippen LogP contribution in [0.2, 0.25) is 10.0 Å². The van der Waals surface area contributed by atoms with Crippen LogP contribution in [0.1, 0.15) is 77.6 Å². The van der Waals surface area contributed by atoms with Crippen LogP contribution < -0.4 is 10.6 Å². The molecule has 3 N–H and O–H groups in total. The predicted molar refractivity (Wildman–Crippen MR) is 194 cm³/mol. The monoisotopic (exact) mass is 684 g/mol. The molecule has 1 spiro atoms. The Bertz CT molecular complexity index is 1510. The summed E-state index contributed by atoms with van der Waals surface area (Å²) in [6.45, 7) is 24.6. The van der Waals surface area contributed by atoms with E-state index < -0.39 is 0 Å². The molecule has 1 saturated carbocycles. The number of nitrogens with two attached hydrogens (primary N) is 1. The molecule has 5 heterocycles. The lowest BCUT2D eigenvalue weighted by molar-refractivity contribution is -0.127. The van der Waals surface area contributed by atoms with Gasteiger partial charge in [-0.25, -0.2) is 0 Å². The lowest BCUT2D eigenvalue weighted by Crippen LogP contribution is -2.67. The zero-order valence-electron chi connectivity index (χ0n) is 29.2. The van der Waals surface area contributed by atoms with Crippen LogP contribution in [-0.2, 0) is 4.74 Å². The standard InChI is InChI=1S/C36H54Cl2N8O/c1-23-30(31-27(17-39)29(40)13-28(37)32(31)38)33(41-46(23)25-15-36(16-25)21-44(22-36)34(2,3)4)45-8-7-24(14-35(45,5)6)18-42-9-11-43(12-10-42)26-19-47-20-26/h13,17,24-26,39H,7-12,14-16,18-22,40H2,1-6H3/t24-/m1/s1. The van der Waals surface area contributed by atoms with Crippen molar-refractivity contribution in [2.75, 3.05) is 76.2 Å². The van der Waals surface area contributed by atoms with Crippen LogP contribution in [0.4, 0.5) is 11.5 Å². The van der Waals surface area contributed by atoms with Crippen molar-refractivity contribution in [2.24, 2.45) is 11.3 Å². The highest BCUT2D eigenvalue weighted by Gasteiger charge is 2.55. The molecule has 0 bridgehead atoms. The molecule has 0 amide bonds. The molecule has 1 aliphatic carbocycles. The third-order valence-corrected chi connectivity index (χ3v) is 12.9. The second-order valence-electron chi connectivity index (χ2n) is 16.9. The molecule has 1 atom stereocenters. The van der Waals surface area contributed by atoms with Gasteiger partial charge in [-0.2, -0.15) is 5.10 Å². The number of likely N-dealkylation sites (tertiary alicyclic amines) is 1. The highest BCUT2D eigenvalue weighted by molar-refractivity contribution is 6.44. The van der Waals surface area contributed by atoms with Crippen molar-refractivity contribution in [3.63, 3.8) is 0 Å². The summed E-state index contributed by atoms with van der Waals surface area (Å²) in [5, 5.41) is 14.6. The Labute approximate surface area is 291 Å². The summed E-state index contributed by atoms with van der Waals surface area (Å²) in [7, 11) is 0. The first-order valence-corrected chi connectivity index (χ1v) is 18.4. The summed E-state index contributed by atoms with van der Waals surface area (Å²) in [6, 6.07) is 2.63. The summed E-state index contributed by atoms with van der Waals surface area (Å²) < 4.78 is 7.71. The average molecular weight is 686 g/mol. The smallest absolute Gasteiger partial charge is 0.159 e. The van der Waals surface area contributed by atoms with Gasteiger partial charge < -0.3 is 25.7 Å². The first-order chi connectivity index (χ1) is 22.2. The highest BCUT2D eigenvalue weighted by Crippen LogP contribution is 2.57. The lowest BCUT2D eigenvalue weighted by Gasteiger charge is -2.62. The largest absolute Gasteiger partial charge is 0.398 e. The number of nitrogens with one attached hydrogen (secondary N) is 1. The van der Waals surface area contributed by atoms with Gasteiger partial charge in [-0.05, 0) is 84.6 Å². The van der Waals surface area contributed by atoms with Gasteiger partial charge in [0.05, 0.1) is 35.3 Å². The normalized spacial score (nSPS) is 25.9. The van der Waals surface area contributed by atoms with E-state index in [9.17, 15) is 0 Å². The SMILES string of the molecule is Cc1c(-c2c(Cl)c(Cl)cc(N)c2C=N)c(N2CC[C@@H](CN3CCN(C4COC4)CC3)CC2(C)C)nn1C1CC2(C1)CN(C(C)(C)C)C2. The second-order valence-corrected chi connectivity index (χ2v) is 17.6. The van der Waals surface area contributed by atoms with Gasteiger partial charge in [0.1, 0.15) is 0 Å². The van der Waals surface area contributed by atoms with Gasteiger partial charge in [0.2, 0.25) is 0 Å². The van der Waals surface area contributed by atoms with Crippen LogP contribution >= 0.6 is 23.2 Å². The first kappa shape index (κ1) is 33.6. The Morgan fingerprint density at radius 2 is 1.70 bits per heavy atom. The molecule has 5 aliphatic rings. The summed E-state index contributed by atoms with van der Waals surface area (Å²) in [5.74, 6) is 1.57. The number of ether oxygens (including phenoxy) is 1. The maximum absolute atomic E-state index is 8.33. The van der Waals surface area contributed by atoms with Gasteiger partial charge >= 0.3 is 0 Å². The lowest BCUT2D eigenvalue weighted by atomic mass is 9.59. The number of benzene rings is 1. The fourth-order valence-electron chi connectivity index (χ4n) is 9.20. The zero-order valence-corrected chi connectivity index (χ0v) is 30.7. The number of nitrogens with zero attached hydrogens (tertiary/aromatic N) is 6. The fraction of sp³-hybridized carbons (Fsp3) is 0.722. The number of anilines is 2. The number of halogens is 2. The predicted octanol–water partition coefficient (Wildman–Crippen LogP) is 6.19. The Morgan fingerprint density at radius 1 is 1.02 bits per heavy atom. The van der Waals surface area contributed by atoms with Gasteiger partial charge in [0.15, 0.2) is 5.82 Å². The molecule has 2 aromatic rings. The minimum atomic E-state index is -0.113. The zero-order chi connectivity index (χ0) is 33.5. The number of piperidine rings is 1. The number of rotatable bonds is 7. The molecule has 0 unspecified atom stereocenters. The van der Waals surface area contributed by atoms with E-state index in [-0.39, 0.29) is 11.1 Å². The van der Waals surface area contributed by atoms with Crippen LogP contribution in [0.25, 0.3) is 11.1 Å². The van der Waals surface area contributed by atoms with E-state index in [0.717, 1.165) is 114 Å². The van der Waals surface area contributed by atoms with Gasteiger partial charge in [-0.1, -0.05) is 23.2 Å². The molecule has 4 aliphatic heterocycles. The molecule has 47 heavy (non-hydrogen) atoms. The van der Waals surface area contributed by atoms with E-state index in [0.29, 0.717) is 44.7 Å². The molecule has 11 heteroatoms. The molecule has 258 valence electrons. The molecular formula is C36H54Cl2N8O. The van der Waals surface area contributed by atoms with Gasteiger partial charge in [0.25, 0.3) is 0 Å². The van der Waals surface area contributed by atoms with Crippen LogP contribution in [0, 0.1) is 23.7 Å². The highest BCUT2D eigenvalue weighted by atomic mass is 35.5. The molecule has 1 aromatic carbocycles. The summed E-state index contributed by atoms with van der Waals surface area (Å²) in [5.41, 5.74) is 10.8. The summed E-state index contributed by atoms with van der Waals surface area (Å²) in [6.07, 6.45) is 5.79. The average Bonchev–Trinajstić information content (AvgIpc) is 3.23. The number of hydrogen-bond donors (Lipinski definition) is 2. The van der Waals surface area contributed by atoms with Crippen LogP contribution in [-0.4, -0.2) is 113 Å². The Hall–Kier alpha value is -1.88. The van der Waals surface area contributed by atoms with Crippen LogP contribution in [0.3, 0.4) is 0 Å². The second kappa shape index (κ2) is 12.2. The summed E-state index contributed by atoms with van der Waals surface area (Å²) >= 11 is 13.7. The Morgan fingerprint density at radius 3 is 2.28 bits per heavy atom. The van der Waals surface area contributed by atoms with E-state index >= 15 is 0 Å². The maximum atomic E-state index is 8.33. The van der Waals surface area contributed by atoms with Crippen LogP contribution in [0.5, 0.6) is 0 Å². The number of hydrogen-bond acceptors (Lipinski definition) is 8.